The molecule has 0 heterocycles. The van der Waals surface area contributed by atoms with Gasteiger partial charge in [-0.1, -0.05) is 37.1 Å². The summed E-state index contributed by atoms with van der Waals surface area (Å²) in [7, 11) is 0. The Labute approximate surface area is 97.8 Å². The van der Waals surface area contributed by atoms with Crippen molar-refractivity contribution in [3.05, 3.63) is 34.9 Å². The molecule has 0 aliphatic heterocycles. The number of halogens is 1. The number of hydrogen-bond acceptors (Lipinski definition) is 1. The third-order valence-corrected chi connectivity index (χ3v) is 2.81. The Balaban J connectivity index is 2.46. The lowest BCUT2D eigenvalue weighted by atomic mass is 9.98. The van der Waals surface area contributed by atoms with Crippen LogP contribution < -0.4 is 5.32 Å². The Morgan fingerprint density at radius 1 is 1.20 bits per heavy atom. The fraction of sp³-hybridized carbons (Fsp3) is 0.538. The molecule has 0 fully saturated rings. The van der Waals surface area contributed by atoms with Gasteiger partial charge in [0.15, 0.2) is 0 Å². The van der Waals surface area contributed by atoms with E-state index in [1.807, 2.05) is 12.1 Å². The van der Waals surface area contributed by atoms with Crippen molar-refractivity contribution >= 4 is 11.6 Å². The van der Waals surface area contributed by atoms with Gasteiger partial charge in [-0.05, 0) is 38.0 Å². The van der Waals surface area contributed by atoms with E-state index in [1.165, 1.54) is 18.4 Å². The standard InChI is InChI=1S/C13H20ClN/c1-4-9-13(2,3)15-10-11-5-7-12(14)8-6-11/h5-8,15H,4,9-10H2,1-3H3. The second-order valence-corrected chi connectivity index (χ2v) is 5.05. The largest absolute Gasteiger partial charge is 0.308 e. The fourth-order valence-corrected chi connectivity index (χ4v) is 1.78. The van der Waals surface area contributed by atoms with E-state index < -0.39 is 0 Å². The van der Waals surface area contributed by atoms with E-state index >= 15 is 0 Å². The average molecular weight is 226 g/mol. The van der Waals surface area contributed by atoms with Gasteiger partial charge in [0.2, 0.25) is 0 Å². The molecule has 2 heteroatoms. The van der Waals surface area contributed by atoms with Crippen LogP contribution in [-0.4, -0.2) is 5.54 Å². The summed E-state index contributed by atoms with van der Waals surface area (Å²) in [6, 6.07) is 8.01. The number of hydrogen-bond donors (Lipinski definition) is 1. The molecule has 1 aromatic carbocycles. The number of rotatable bonds is 5. The molecule has 0 aromatic heterocycles. The lowest BCUT2D eigenvalue weighted by Gasteiger charge is -2.25. The third kappa shape index (κ3) is 4.67. The monoisotopic (exact) mass is 225 g/mol. The van der Waals surface area contributed by atoms with Crippen LogP contribution in [-0.2, 0) is 6.54 Å². The van der Waals surface area contributed by atoms with Gasteiger partial charge in [-0.15, -0.1) is 0 Å². The van der Waals surface area contributed by atoms with Crippen molar-refractivity contribution in [2.24, 2.45) is 0 Å². The predicted molar refractivity (Wildman–Crippen MR) is 67.3 cm³/mol. The predicted octanol–water partition coefficient (Wildman–Crippen LogP) is 4.01. The molecule has 0 saturated carbocycles. The second-order valence-electron chi connectivity index (χ2n) is 4.61. The van der Waals surface area contributed by atoms with Crippen molar-refractivity contribution in [2.45, 2.75) is 45.7 Å². The van der Waals surface area contributed by atoms with Crippen LogP contribution in [0, 0.1) is 0 Å². The zero-order valence-electron chi connectivity index (χ0n) is 9.81. The minimum absolute atomic E-state index is 0.217. The van der Waals surface area contributed by atoms with E-state index in [0.717, 1.165) is 11.6 Å². The van der Waals surface area contributed by atoms with E-state index in [-0.39, 0.29) is 5.54 Å². The highest BCUT2D eigenvalue weighted by Crippen LogP contribution is 2.13. The SMILES string of the molecule is CCCC(C)(C)NCc1ccc(Cl)cc1. The molecule has 0 atom stereocenters. The van der Waals surface area contributed by atoms with Gasteiger partial charge in [-0.2, -0.15) is 0 Å². The van der Waals surface area contributed by atoms with Crippen molar-refractivity contribution in [3.63, 3.8) is 0 Å². The normalized spacial score (nSPS) is 11.7. The molecule has 0 spiro atoms. The smallest absolute Gasteiger partial charge is 0.0406 e. The highest BCUT2D eigenvalue weighted by Gasteiger charge is 2.14. The first kappa shape index (κ1) is 12.5. The van der Waals surface area contributed by atoms with Crippen LogP contribution in [0.15, 0.2) is 24.3 Å². The Kier molecular flexibility index (Phi) is 4.62. The molecule has 1 N–H and O–H groups in total. The first-order valence-electron chi connectivity index (χ1n) is 5.53. The highest BCUT2D eigenvalue weighted by molar-refractivity contribution is 6.30. The summed E-state index contributed by atoms with van der Waals surface area (Å²) in [5.74, 6) is 0. The summed E-state index contributed by atoms with van der Waals surface area (Å²) in [5, 5.41) is 4.35. The summed E-state index contributed by atoms with van der Waals surface area (Å²) >= 11 is 5.83. The fourth-order valence-electron chi connectivity index (χ4n) is 1.66. The van der Waals surface area contributed by atoms with Crippen molar-refractivity contribution < 1.29 is 0 Å². The van der Waals surface area contributed by atoms with Crippen molar-refractivity contribution in [3.8, 4) is 0 Å². The minimum Gasteiger partial charge on any atom is -0.308 e. The summed E-state index contributed by atoms with van der Waals surface area (Å²) in [5.41, 5.74) is 1.50. The maximum Gasteiger partial charge on any atom is 0.0406 e. The van der Waals surface area contributed by atoms with Gasteiger partial charge >= 0.3 is 0 Å². The molecule has 0 saturated heterocycles. The number of benzene rings is 1. The van der Waals surface area contributed by atoms with Crippen LogP contribution in [0.3, 0.4) is 0 Å². The maximum absolute atomic E-state index is 5.83. The van der Waals surface area contributed by atoms with Crippen molar-refractivity contribution in [1.29, 1.82) is 0 Å². The zero-order valence-corrected chi connectivity index (χ0v) is 10.6. The molecule has 0 unspecified atom stereocenters. The molecule has 0 bridgehead atoms. The van der Waals surface area contributed by atoms with E-state index in [2.05, 4.69) is 38.2 Å². The third-order valence-electron chi connectivity index (χ3n) is 2.56. The molecule has 84 valence electrons. The molecule has 1 nitrogen and oxygen atoms in total. The lowest BCUT2D eigenvalue weighted by Crippen LogP contribution is -2.38. The Morgan fingerprint density at radius 3 is 2.33 bits per heavy atom. The Morgan fingerprint density at radius 2 is 1.80 bits per heavy atom. The highest BCUT2D eigenvalue weighted by atomic mass is 35.5. The van der Waals surface area contributed by atoms with E-state index in [1.54, 1.807) is 0 Å². The van der Waals surface area contributed by atoms with Gasteiger partial charge in [-0.25, -0.2) is 0 Å². The van der Waals surface area contributed by atoms with Crippen LogP contribution >= 0.6 is 11.6 Å². The molecule has 1 rings (SSSR count). The summed E-state index contributed by atoms with van der Waals surface area (Å²) in [6.45, 7) is 7.61. The Bertz CT molecular complexity index is 290. The van der Waals surface area contributed by atoms with Gasteiger partial charge in [0.05, 0.1) is 0 Å². The quantitative estimate of drug-likeness (QED) is 0.799. The minimum atomic E-state index is 0.217. The van der Waals surface area contributed by atoms with Crippen molar-refractivity contribution in [1.82, 2.24) is 5.32 Å². The van der Waals surface area contributed by atoms with Gasteiger partial charge in [0.1, 0.15) is 0 Å². The number of nitrogens with one attached hydrogen (secondary N) is 1. The summed E-state index contributed by atoms with van der Waals surface area (Å²) in [4.78, 5) is 0. The first-order valence-corrected chi connectivity index (χ1v) is 5.91. The van der Waals surface area contributed by atoms with Crippen LogP contribution in [0.5, 0.6) is 0 Å². The van der Waals surface area contributed by atoms with Crippen LogP contribution in [0.4, 0.5) is 0 Å². The van der Waals surface area contributed by atoms with E-state index in [9.17, 15) is 0 Å². The van der Waals surface area contributed by atoms with E-state index in [4.69, 9.17) is 11.6 Å². The second kappa shape index (κ2) is 5.53. The van der Waals surface area contributed by atoms with Gasteiger partial charge in [0, 0.05) is 17.1 Å². The van der Waals surface area contributed by atoms with Crippen molar-refractivity contribution in [2.75, 3.05) is 0 Å². The lowest BCUT2D eigenvalue weighted by molar-refractivity contribution is 0.357. The van der Waals surface area contributed by atoms with Gasteiger partial charge in [0.25, 0.3) is 0 Å². The molecule has 0 aliphatic carbocycles. The summed E-state index contributed by atoms with van der Waals surface area (Å²) in [6.07, 6.45) is 2.40. The molecule has 15 heavy (non-hydrogen) atoms. The molecule has 0 aliphatic rings. The van der Waals surface area contributed by atoms with Crippen LogP contribution in [0.25, 0.3) is 0 Å². The maximum atomic E-state index is 5.83. The van der Waals surface area contributed by atoms with Crippen LogP contribution in [0.1, 0.15) is 39.2 Å². The van der Waals surface area contributed by atoms with Gasteiger partial charge in [-0.3, -0.25) is 0 Å². The molecule has 0 radical (unpaired) electrons. The summed E-state index contributed by atoms with van der Waals surface area (Å²) < 4.78 is 0. The molecular formula is C13H20ClN. The molecule has 0 amide bonds. The van der Waals surface area contributed by atoms with Crippen LogP contribution in [0.2, 0.25) is 5.02 Å². The van der Waals surface area contributed by atoms with Gasteiger partial charge < -0.3 is 5.32 Å². The zero-order chi connectivity index (χ0) is 11.3. The first-order chi connectivity index (χ1) is 7.03. The topological polar surface area (TPSA) is 12.0 Å². The average Bonchev–Trinajstić information content (AvgIpc) is 2.17. The van der Waals surface area contributed by atoms with E-state index in [0.29, 0.717) is 0 Å². The Hall–Kier alpha value is -0.530. The molecular weight excluding hydrogens is 206 g/mol. The molecule has 1 aromatic rings.